The van der Waals surface area contributed by atoms with Crippen molar-refractivity contribution in [2.24, 2.45) is 0 Å². The summed E-state index contributed by atoms with van der Waals surface area (Å²) in [5.41, 5.74) is 1.19. The summed E-state index contributed by atoms with van der Waals surface area (Å²) in [7, 11) is -0.993. The molecule has 5 heteroatoms. The Morgan fingerprint density at radius 3 is 2.71 bits per heavy atom. The number of hydrogen-bond acceptors (Lipinski definition) is 4. The molecular formula is C12H20N2O2S. The summed E-state index contributed by atoms with van der Waals surface area (Å²) in [5, 5.41) is 3.16. The summed E-state index contributed by atoms with van der Waals surface area (Å²) in [6.45, 7) is 0. The number of nitrogens with one attached hydrogen (secondary N) is 1. The Labute approximate surface area is 103 Å². The molecule has 1 aromatic rings. The van der Waals surface area contributed by atoms with Gasteiger partial charge < -0.3 is 5.32 Å². The molecule has 1 atom stereocenters. The predicted molar refractivity (Wildman–Crippen MR) is 69.7 cm³/mol. The summed E-state index contributed by atoms with van der Waals surface area (Å²) >= 11 is 0. The Bertz CT molecular complexity index is 417. The van der Waals surface area contributed by atoms with Gasteiger partial charge in [-0.1, -0.05) is 6.07 Å². The van der Waals surface area contributed by atoms with E-state index in [1.165, 1.54) is 11.8 Å². The van der Waals surface area contributed by atoms with E-state index in [4.69, 9.17) is 0 Å². The van der Waals surface area contributed by atoms with Crippen LogP contribution in [-0.4, -0.2) is 38.5 Å². The zero-order chi connectivity index (χ0) is 12.7. The van der Waals surface area contributed by atoms with E-state index in [1.807, 2.05) is 25.4 Å². The molecule has 1 rings (SSSR count). The Balaban J connectivity index is 2.38. The predicted octanol–water partition coefficient (Wildman–Crippen LogP) is 1.04. The van der Waals surface area contributed by atoms with Crippen molar-refractivity contribution in [1.82, 2.24) is 10.3 Å². The minimum atomic E-state index is -2.86. The van der Waals surface area contributed by atoms with E-state index in [-0.39, 0.29) is 11.8 Å². The van der Waals surface area contributed by atoms with Crippen LogP contribution in [0.3, 0.4) is 0 Å². The highest BCUT2D eigenvalue weighted by molar-refractivity contribution is 7.90. The summed E-state index contributed by atoms with van der Waals surface area (Å²) in [5.74, 6) is 0.242. The molecule has 0 saturated carbocycles. The molecule has 1 N–H and O–H groups in total. The molecule has 96 valence electrons. The van der Waals surface area contributed by atoms with Crippen molar-refractivity contribution in [3.8, 4) is 0 Å². The summed E-state index contributed by atoms with van der Waals surface area (Å²) < 4.78 is 22.2. The highest BCUT2D eigenvalue weighted by Crippen LogP contribution is 2.07. The van der Waals surface area contributed by atoms with E-state index in [0.717, 1.165) is 12.8 Å². The molecule has 0 aromatic carbocycles. The van der Waals surface area contributed by atoms with Gasteiger partial charge in [-0.2, -0.15) is 0 Å². The van der Waals surface area contributed by atoms with Crippen LogP contribution in [0.5, 0.6) is 0 Å². The van der Waals surface area contributed by atoms with Crippen molar-refractivity contribution < 1.29 is 8.42 Å². The summed E-state index contributed by atoms with van der Waals surface area (Å²) in [6.07, 6.45) is 7.39. The Morgan fingerprint density at radius 1 is 1.41 bits per heavy atom. The minimum Gasteiger partial charge on any atom is -0.317 e. The van der Waals surface area contributed by atoms with E-state index in [0.29, 0.717) is 6.42 Å². The lowest BCUT2D eigenvalue weighted by Gasteiger charge is -2.15. The lowest BCUT2D eigenvalue weighted by molar-refractivity contribution is 0.504. The van der Waals surface area contributed by atoms with Crippen LogP contribution < -0.4 is 5.32 Å². The van der Waals surface area contributed by atoms with E-state index in [2.05, 4.69) is 10.3 Å². The molecule has 1 heterocycles. The zero-order valence-electron chi connectivity index (χ0n) is 10.4. The van der Waals surface area contributed by atoms with Crippen molar-refractivity contribution in [2.75, 3.05) is 19.1 Å². The van der Waals surface area contributed by atoms with E-state index < -0.39 is 9.84 Å². The van der Waals surface area contributed by atoms with E-state index in [9.17, 15) is 8.42 Å². The van der Waals surface area contributed by atoms with Crippen molar-refractivity contribution in [1.29, 1.82) is 0 Å². The third-order valence-corrected chi connectivity index (χ3v) is 3.73. The summed E-state index contributed by atoms with van der Waals surface area (Å²) in [4.78, 5) is 4.06. The van der Waals surface area contributed by atoms with E-state index in [1.54, 1.807) is 6.20 Å². The Hall–Kier alpha value is -0.940. The first kappa shape index (κ1) is 14.1. The molecule has 0 bridgehead atoms. The number of aromatic nitrogens is 1. The number of aryl methyl sites for hydroxylation is 1. The van der Waals surface area contributed by atoms with Crippen molar-refractivity contribution in [3.63, 3.8) is 0 Å². The van der Waals surface area contributed by atoms with Gasteiger partial charge in [-0.3, -0.25) is 4.98 Å². The molecule has 0 aliphatic heterocycles. The molecule has 0 saturated heterocycles. The van der Waals surface area contributed by atoms with Crippen LogP contribution in [0.15, 0.2) is 24.5 Å². The average molecular weight is 256 g/mol. The minimum absolute atomic E-state index is 0.241. The van der Waals surface area contributed by atoms with Crippen LogP contribution >= 0.6 is 0 Å². The molecule has 17 heavy (non-hydrogen) atoms. The molecule has 0 fully saturated rings. The molecule has 1 aromatic heterocycles. The van der Waals surface area contributed by atoms with Crippen LogP contribution in [-0.2, 0) is 16.3 Å². The third-order valence-electron chi connectivity index (χ3n) is 2.75. The fourth-order valence-corrected chi connectivity index (χ4v) is 2.39. The number of hydrogen-bond donors (Lipinski definition) is 1. The van der Waals surface area contributed by atoms with Crippen LogP contribution in [0, 0.1) is 0 Å². The number of nitrogens with zero attached hydrogens (tertiary/aromatic N) is 1. The number of pyridine rings is 1. The third kappa shape index (κ3) is 6.38. The quantitative estimate of drug-likeness (QED) is 0.792. The van der Waals surface area contributed by atoms with Crippen molar-refractivity contribution >= 4 is 9.84 Å². The van der Waals surface area contributed by atoms with Gasteiger partial charge in [0.05, 0.1) is 5.75 Å². The topological polar surface area (TPSA) is 59.1 Å². The lowest BCUT2D eigenvalue weighted by atomic mass is 10.1. The molecule has 0 radical (unpaired) electrons. The Morgan fingerprint density at radius 2 is 2.18 bits per heavy atom. The van der Waals surface area contributed by atoms with Crippen LogP contribution in [0.1, 0.15) is 18.4 Å². The van der Waals surface area contributed by atoms with Gasteiger partial charge in [-0.05, 0) is 37.9 Å². The van der Waals surface area contributed by atoms with Crippen LogP contribution in [0.4, 0.5) is 0 Å². The van der Waals surface area contributed by atoms with Gasteiger partial charge in [0.15, 0.2) is 0 Å². The average Bonchev–Trinajstić information content (AvgIpc) is 2.29. The molecular weight excluding hydrogens is 236 g/mol. The second kappa shape index (κ2) is 6.71. The summed E-state index contributed by atoms with van der Waals surface area (Å²) in [6, 6.07) is 4.20. The highest BCUT2D eigenvalue weighted by Gasteiger charge is 2.10. The second-order valence-corrected chi connectivity index (χ2v) is 6.56. The highest BCUT2D eigenvalue weighted by atomic mass is 32.2. The number of sulfone groups is 1. The van der Waals surface area contributed by atoms with Gasteiger partial charge in [0, 0.05) is 24.7 Å². The molecule has 0 amide bonds. The number of rotatable bonds is 7. The normalized spacial score (nSPS) is 13.5. The van der Waals surface area contributed by atoms with Crippen molar-refractivity contribution in [3.05, 3.63) is 30.1 Å². The SMILES string of the molecule is CNC(CCc1cccnc1)CCS(C)(=O)=O. The molecule has 0 aliphatic rings. The van der Waals surface area contributed by atoms with Crippen LogP contribution in [0.25, 0.3) is 0 Å². The zero-order valence-corrected chi connectivity index (χ0v) is 11.2. The fraction of sp³-hybridized carbons (Fsp3) is 0.583. The monoisotopic (exact) mass is 256 g/mol. The van der Waals surface area contributed by atoms with Gasteiger partial charge in [-0.25, -0.2) is 8.42 Å². The van der Waals surface area contributed by atoms with Gasteiger partial charge >= 0.3 is 0 Å². The first-order chi connectivity index (χ1) is 8.01. The standard InChI is InChI=1S/C12H20N2O2S/c1-13-12(7-9-17(2,15)16)6-5-11-4-3-8-14-10-11/h3-4,8,10,12-13H,5-7,9H2,1-2H3. The smallest absolute Gasteiger partial charge is 0.147 e. The first-order valence-electron chi connectivity index (χ1n) is 5.75. The molecule has 0 spiro atoms. The fourth-order valence-electron chi connectivity index (χ4n) is 1.68. The molecule has 1 unspecified atom stereocenters. The van der Waals surface area contributed by atoms with Gasteiger partial charge in [0.25, 0.3) is 0 Å². The molecule has 0 aliphatic carbocycles. The maximum Gasteiger partial charge on any atom is 0.147 e. The van der Waals surface area contributed by atoms with Gasteiger partial charge in [-0.15, -0.1) is 0 Å². The lowest BCUT2D eigenvalue weighted by Crippen LogP contribution is -2.28. The largest absolute Gasteiger partial charge is 0.317 e. The Kier molecular flexibility index (Phi) is 5.58. The maximum atomic E-state index is 11.1. The first-order valence-corrected chi connectivity index (χ1v) is 7.81. The molecule has 4 nitrogen and oxygen atoms in total. The van der Waals surface area contributed by atoms with Crippen LogP contribution in [0.2, 0.25) is 0 Å². The van der Waals surface area contributed by atoms with Crippen molar-refractivity contribution in [2.45, 2.75) is 25.3 Å². The van der Waals surface area contributed by atoms with Gasteiger partial charge in [0.1, 0.15) is 9.84 Å². The second-order valence-electron chi connectivity index (χ2n) is 4.30. The maximum absolute atomic E-state index is 11.1. The van der Waals surface area contributed by atoms with Gasteiger partial charge in [0.2, 0.25) is 0 Å². The van der Waals surface area contributed by atoms with E-state index >= 15 is 0 Å².